The van der Waals surface area contributed by atoms with Crippen LogP contribution in [0.2, 0.25) is 0 Å². The Balaban J connectivity index is 1.62. The number of carbonyl (C=O) groups excluding carboxylic acids is 2. The quantitative estimate of drug-likeness (QED) is 0.684. The van der Waals surface area contributed by atoms with Crippen molar-refractivity contribution in [2.75, 3.05) is 53.0 Å². The summed E-state index contributed by atoms with van der Waals surface area (Å²) in [5.74, 6) is -0.809. The topological polar surface area (TPSA) is 87.7 Å². The van der Waals surface area contributed by atoms with E-state index in [2.05, 4.69) is 15.3 Å². The van der Waals surface area contributed by atoms with Gasteiger partial charge in [-0.25, -0.2) is 14.4 Å². The van der Waals surface area contributed by atoms with E-state index in [1.807, 2.05) is 11.8 Å². The Labute approximate surface area is 175 Å². The van der Waals surface area contributed by atoms with Gasteiger partial charge in [0.1, 0.15) is 11.3 Å². The Morgan fingerprint density at radius 2 is 1.83 bits per heavy atom. The summed E-state index contributed by atoms with van der Waals surface area (Å²) < 4.78 is 19.1. The molecular weight excluding hydrogens is 389 g/mol. The van der Waals surface area contributed by atoms with E-state index in [4.69, 9.17) is 4.74 Å². The van der Waals surface area contributed by atoms with E-state index in [-0.39, 0.29) is 17.4 Å². The Bertz CT molecular complexity index is 928. The lowest BCUT2D eigenvalue weighted by Gasteiger charge is -2.34. The lowest BCUT2D eigenvalue weighted by Crippen LogP contribution is -2.51. The summed E-state index contributed by atoms with van der Waals surface area (Å²) in [5, 5.41) is 2.86. The molecule has 0 spiro atoms. The Kier molecular flexibility index (Phi) is 7.28. The summed E-state index contributed by atoms with van der Waals surface area (Å²) in [6.45, 7) is 7.19. The van der Waals surface area contributed by atoms with Gasteiger partial charge in [-0.1, -0.05) is 0 Å². The molecule has 0 bridgehead atoms. The van der Waals surface area contributed by atoms with Crippen molar-refractivity contribution in [3.63, 3.8) is 0 Å². The van der Waals surface area contributed by atoms with Crippen molar-refractivity contribution in [2.24, 2.45) is 0 Å². The number of hydrogen-bond acceptors (Lipinski definition) is 6. The van der Waals surface area contributed by atoms with Crippen LogP contribution in [-0.4, -0.2) is 84.6 Å². The van der Waals surface area contributed by atoms with Crippen LogP contribution in [0.1, 0.15) is 28.2 Å². The number of halogens is 1. The second-order valence-corrected chi connectivity index (χ2v) is 7.48. The number of nitrogens with zero attached hydrogens (tertiary/aromatic N) is 4. The summed E-state index contributed by atoms with van der Waals surface area (Å²) in [7, 11) is 1.63. The molecule has 2 heterocycles. The average Bonchev–Trinajstić information content (AvgIpc) is 2.72. The first-order valence-electron chi connectivity index (χ1n) is 10.1. The maximum absolute atomic E-state index is 14.1. The highest BCUT2D eigenvalue weighted by Crippen LogP contribution is 2.21. The number of aryl methyl sites for hydroxylation is 2. The SMILES string of the molecule is COCCCNC(=O)CN1CCN(C(=O)c2cc(F)cc3nc(C)c(C)nc23)CC1. The van der Waals surface area contributed by atoms with Crippen LogP contribution in [0, 0.1) is 19.7 Å². The number of methoxy groups -OCH3 is 1. The number of benzene rings is 1. The smallest absolute Gasteiger partial charge is 0.256 e. The Hall–Kier alpha value is -2.65. The van der Waals surface area contributed by atoms with Crippen LogP contribution in [-0.2, 0) is 9.53 Å². The third-order valence-electron chi connectivity index (χ3n) is 5.25. The van der Waals surface area contributed by atoms with Gasteiger partial charge in [0.05, 0.1) is 29.0 Å². The van der Waals surface area contributed by atoms with Gasteiger partial charge in [-0.2, -0.15) is 0 Å². The normalized spacial score (nSPS) is 14.9. The lowest BCUT2D eigenvalue weighted by atomic mass is 10.1. The minimum atomic E-state index is -0.507. The second kappa shape index (κ2) is 9.90. The molecule has 0 saturated carbocycles. The molecule has 1 aromatic heterocycles. The van der Waals surface area contributed by atoms with Crippen molar-refractivity contribution in [3.05, 3.63) is 34.9 Å². The van der Waals surface area contributed by atoms with Gasteiger partial charge in [-0.05, 0) is 26.3 Å². The fourth-order valence-corrected chi connectivity index (χ4v) is 3.44. The number of hydrogen-bond donors (Lipinski definition) is 1. The zero-order chi connectivity index (χ0) is 21.7. The van der Waals surface area contributed by atoms with Crippen LogP contribution in [0.3, 0.4) is 0 Å². The van der Waals surface area contributed by atoms with E-state index in [1.54, 1.807) is 18.9 Å². The summed E-state index contributed by atoms with van der Waals surface area (Å²) in [5.41, 5.74) is 2.45. The Morgan fingerprint density at radius 1 is 1.13 bits per heavy atom. The monoisotopic (exact) mass is 417 g/mol. The molecule has 8 nitrogen and oxygen atoms in total. The number of piperazine rings is 1. The van der Waals surface area contributed by atoms with E-state index < -0.39 is 5.82 Å². The van der Waals surface area contributed by atoms with Gasteiger partial charge >= 0.3 is 0 Å². The molecule has 0 atom stereocenters. The molecule has 2 aromatic rings. The van der Waals surface area contributed by atoms with Gasteiger partial charge in [0, 0.05) is 52.5 Å². The highest BCUT2D eigenvalue weighted by atomic mass is 19.1. The van der Waals surface area contributed by atoms with Crippen LogP contribution in [0.15, 0.2) is 12.1 Å². The standard InChI is InChI=1S/C21H28FN5O3/c1-14-15(2)25-20-17(11-16(22)12-18(20)24-14)21(29)27-8-6-26(7-9-27)13-19(28)23-5-4-10-30-3/h11-12H,4-10,13H2,1-3H3,(H,23,28). The fraction of sp³-hybridized carbons (Fsp3) is 0.524. The molecule has 9 heteroatoms. The molecule has 1 aromatic carbocycles. The first-order valence-corrected chi connectivity index (χ1v) is 10.1. The van der Waals surface area contributed by atoms with Crippen molar-refractivity contribution < 1.29 is 18.7 Å². The van der Waals surface area contributed by atoms with E-state index >= 15 is 0 Å². The van der Waals surface area contributed by atoms with Crippen LogP contribution in [0.5, 0.6) is 0 Å². The van der Waals surface area contributed by atoms with Gasteiger partial charge < -0.3 is 15.0 Å². The molecule has 3 rings (SSSR count). The second-order valence-electron chi connectivity index (χ2n) is 7.48. The van der Waals surface area contributed by atoms with Crippen molar-refractivity contribution in [2.45, 2.75) is 20.3 Å². The predicted molar refractivity (Wildman–Crippen MR) is 111 cm³/mol. The molecule has 1 aliphatic rings. The van der Waals surface area contributed by atoms with E-state index in [1.165, 1.54) is 12.1 Å². The number of nitrogens with one attached hydrogen (secondary N) is 1. The minimum Gasteiger partial charge on any atom is -0.385 e. The maximum Gasteiger partial charge on any atom is 0.256 e. The molecule has 1 N–H and O–H groups in total. The number of ether oxygens (including phenoxy) is 1. The third-order valence-corrected chi connectivity index (χ3v) is 5.25. The number of fused-ring (bicyclic) bond motifs is 1. The van der Waals surface area contributed by atoms with Gasteiger partial charge in [0.25, 0.3) is 5.91 Å². The summed E-state index contributed by atoms with van der Waals surface area (Å²) in [6, 6.07) is 2.53. The van der Waals surface area contributed by atoms with Crippen LogP contribution in [0.25, 0.3) is 11.0 Å². The van der Waals surface area contributed by atoms with Crippen molar-refractivity contribution in [1.29, 1.82) is 0 Å². The zero-order valence-electron chi connectivity index (χ0n) is 17.7. The minimum absolute atomic E-state index is 0.0388. The summed E-state index contributed by atoms with van der Waals surface area (Å²) in [6.07, 6.45) is 0.772. The molecule has 1 aliphatic heterocycles. The molecule has 30 heavy (non-hydrogen) atoms. The lowest BCUT2D eigenvalue weighted by molar-refractivity contribution is -0.122. The largest absolute Gasteiger partial charge is 0.385 e. The molecule has 0 radical (unpaired) electrons. The fourth-order valence-electron chi connectivity index (χ4n) is 3.44. The van der Waals surface area contributed by atoms with Crippen LogP contribution in [0.4, 0.5) is 4.39 Å². The molecule has 1 saturated heterocycles. The first kappa shape index (κ1) is 22.0. The molecule has 162 valence electrons. The summed E-state index contributed by atoms with van der Waals surface area (Å²) in [4.78, 5) is 37.6. The molecule has 1 fully saturated rings. The number of carbonyl (C=O) groups is 2. The van der Waals surface area contributed by atoms with Crippen LogP contribution >= 0.6 is 0 Å². The number of amides is 2. The van der Waals surface area contributed by atoms with Gasteiger partial charge in [-0.3, -0.25) is 14.5 Å². The molecule has 0 aliphatic carbocycles. The van der Waals surface area contributed by atoms with Crippen molar-refractivity contribution in [1.82, 2.24) is 25.1 Å². The number of rotatable bonds is 7. The van der Waals surface area contributed by atoms with E-state index in [0.717, 1.165) is 6.42 Å². The molecule has 0 unspecified atom stereocenters. The average molecular weight is 417 g/mol. The number of aromatic nitrogens is 2. The summed E-state index contributed by atoms with van der Waals surface area (Å²) >= 11 is 0. The highest BCUT2D eigenvalue weighted by molar-refractivity contribution is 6.04. The Morgan fingerprint density at radius 3 is 2.53 bits per heavy atom. The molecule has 2 amide bonds. The maximum atomic E-state index is 14.1. The van der Waals surface area contributed by atoms with E-state index in [0.29, 0.717) is 68.3 Å². The third kappa shape index (κ3) is 5.28. The van der Waals surface area contributed by atoms with Gasteiger partial charge in [0.15, 0.2) is 0 Å². The van der Waals surface area contributed by atoms with Gasteiger partial charge in [0.2, 0.25) is 5.91 Å². The zero-order valence-corrected chi connectivity index (χ0v) is 17.7. The van der Waals surface area contributed by atoms with Crippen molar-refractivity contribution >= 4 is 22.8 Å². The first-order chi connectivity index (χ1) is 14.4. The highest BCUT2D eigenvalue weighted by Gasteiger charge is 2.25. The van der Waals surface area contributed by atoms with Crippen LogP contribution < -0.4 is 5.32 Å². The predicted octanol–water partition coefficient (Wildman–Crippen LogP) is 1.30. The van der Waals surface area contributed by atoms with E-state index in [9.17, 15) is 14.0 Å². The van der Waals surface area contributed by atoms with Crippen molar-refractivity contribution in [3.8, 4) is 0 Å². The van der Waals surface area contributed by atoms with Gasteiger partial charge in [-0.15, -0.1) is 0 Å². The molecular formula is C21H28FN5O3.